The Morgan fingerprint density at radius 1 is 0.736 bits per heavy atom. The maximum atomic E-state index is 13.4. The summed E-state index contributed by atoms with van der Waals surface area (Å²) in [5.74, 6) is 4.26. The smallest absolute Gasteiger partial charge is 0.457 e. The number of benzene rings is 3. The molecule has 36 nitrogen and oxygen atoms in total. The highest BCUT2D eigenvalue weighted by Crippen LogP contribution is 2.66. The van der Waals surface area contributed by atoms with Crippen molar-refractivity contribution in [2.45, 2.75) is 119 Å². The second kappa shape index (κ2) is 39.1. The third kappa shape index (κ3) is 26.5. The van der Waals surface area contributed by atoms with E-state index in [4.69, 9.17) is 38.2 Å². The Bertz CT molecular complexity index is 4840. The lowest BCUT2D eigenvalue weighted by atomic mass is 9.77. The van der Waals surface area contributed by atoms with Gasteiger partial charge in [-0.2, -0.15) is 38.5 Å². The fraction of sp³-hybridized carbons (Fsp3) is 0.485. The zero-order valence-electron chi connectivity index (χ0n) is 60.2. The number of carbonyl (C=O) groups excluding carboxylic acids is 2. The Hall–Kier alpha value is -7.03. The van der Waals surface area contributed by atoms with Crippen molar-refractivity contribution in [1.29, 1.82) is 0 Å². The third-order valence-corrected chi connectivity index (χ3v) is 24.1. The van der Waals surface area contributed by atoms with Gasteiger partial charge in [0.15, 0.2) is 5.71 Å². The zero-order chi connectivity index (χ0) is 80.3. The molecule has 0 bridgehead atoms. The van der Waals surface area contributed by atoms with Crippen molar-refractivity contribution in [3.63, 3.8) is 0 Å². The molecule has 8 rings (SSSR count). The Labute approximate surface area is 634 Å². The lowest BCUT2D eigenvalue weighted by molar-refractivity contribution is -0.437. The molecule has 2 amide bonds. The van der Waals surface area contributed by atoms with Crippen LogP contribution in [0.2, 0.25) is 0 Å². The maximum absolute atomic E-state index is 13.4. The van der Waals surface area contributed by atoms with Gasteiger partial charge >= 0.3 is 29.2 Å². The number of amides is 2. The highest BCUT2D eigenvalue weighted by Gasteiger charge is 2.47. The number of phosphoric acid groups is 3. The van der Waals surface area contributed by atoms with Crippen LogP contribution in [0.3, 0.4) is 0 Å². The number of nitrogens with one attached hydrogen (secondary N) is 3. The van der Waals surface area contributed by atoms with Crippen molar-refractivity contribution in [3.8, 4) is 17.6 Å². The molecule has 4 aromatic rings. The molecule has 0 saturated carbocycles. The van der Waals surface area contributed by atoms with Crippen LogP contribution < -0.4 is 31.5 Å². The Kier molecular flexibility index (Phi) is 31.5. The van der Waals surface area contributed by atoms with E-state index in [0.29, 0.717) is 44.4 Å². The van der Waals surface area contributed by atoms with Crippen molar-refractivity contribution in [1.82, 2.24) is 20.2 Å². The normalized spacial score (nSPS) is 20.5. The molecule has 0 spiro atoms. The third-order valence-electron chi connectivity index (χ3n) is 17.9. The van der Waals surface area contributed by atoms with E-state index in [1.54, 1.807) is 0 Å². The molecule has 604 valence electrons. The topological polar surface area (TPSA) is 518 Å². The van der Waals surface area contributed by atoms with E-state index in [0.717, 1.165) is 55.8 Å². The van der Waals surface area contributed by atoms with Crippen LogP contribution in [0.5, 0.6) is 5.75 Å². The van der Waals surface area contributed by atoms with Crippen LogP contribution in [0.1, 0.15) is 108 Å². The number of rotatable bonds is 42. The van der Waals surface area contributed by atoms with Gasteiger partial charge in [0.25, 0.3) is 35.9 Å². The molecular weight excluding hydrogens is 1570 g/mol. The number of aromatic nitrogens is 2. The van der Waals surface area contributed by atoms with Crippen LogP contribution in [-0.4, -0.2) is 205 Å². The van der Waals surface area contributed by atoms with Gasteiger partial charge in [-0.1, -0.05) is 54.3 Å². The fourth-order valence-electron chi connectivity index (χ4n) is 12.8. The molecule has 4 heterocycles. The minimum absolute atomic E-state index is 0.0359. The summed E-state index contributed by atoms with van der Waals surface area (Å²) in [4.78, 5) is 91.0. The molecule has 110 heavy (non-hydrogen) atoms. The SMILES string of the molecule is CC1(C)C(/C=C/C2=C(Oc3ccc(S(=O)(=O)O)cc3)C(=C/C=C3/N(CCCS(=O)(=O)O)c4ccccc4C3(C)CCCC(=O)NCCOCCOCCOCCOCCC(=O)NCC#Cc3cn([C@H]4C[C@H](O)[C@@H](COP(=O)(O)OP(=O)(O)OP(=O)(O)O)O4)c(=O)[nH]c3=O)/CCC2)=[N+](CCCS(=O)(=O)O)c2ccccc21. The van der Waals surface area contributed by atoms with Crippen molar-refractivity contribution < 1.29 is 133 Å². The van der Waals surface area contributed by atoms with E-state index in [9.17, 15) is 86.7 Å². The first-order valence-electron chi connectivity index (χ1n) is 34.6. The highest BCUT2D eigenvalue weighted by atomic mass is 32.2. The first-order chi connectivity index (χ1) is 51.7. The maximum Gasteiger partial charge on any atom is 0.490 e. The highest BCUT2D eigenvalue weighted by molar-refractivity contribution is 7.86. The van der Waals surface area contributed by atoms with E-state index in [1.165, 1.54) is 24.3 Å². The summed E-state index contributed by atoms with van der Waals surface area (Å²) in [6.07, 6.45) is 7.31. The summed E-state index contributed by atoms with van der Waals surface area (Å²) < 4.78 is 185. The molecule has 1 fully saturated rings. The number of carbonyl (C=O) groups is 2. The summed E-state index contributed by atoms with van der Waals surface area (Å²) in [5, 5.41) is 15.9. The summed E-state index contributed by atoms with van der Waals surface area (Å²) in [6.45, 7) is 7.28. The summed E-state index contributed by atoms with van der Waals surface area (Å²) >= 11 is 0. The van der Waals surface area contributed by atoms with Gasteiger partial charge in [0.2, 0.25) is 17.5 Å². The number of aliphatic hydroxyl groups excluding tert-OH is 1. The van der Waals surface area contributed by atoms with E-state index in [-0.39, 0.29) is 127 Å². The van der Waals surface area contributed by atoms with Gasteiger partial charge in [-0.05, 0) is 118 Å². The lowest BCUT2D eigenvalue weighted by Gasteiger charge is -2.31. The number of anilines is 1. The molecule has 3 unspecified atom stereocenters. The predicted octanol–water partition coefficient (Wildman–Crippen LogP) is 5.28. The summed E-state index contributed by atoms with van der Waals surface area (Å²) in [5.41, 5.74) is 3.47. The standard InChI is InChI=1S/C68H89N6O30P3S3/c1-67(2)53-16-4-6-18-55(53)72(33-11-43-108(87,88)89)59(67)27-21-48-13-8-14-49(64(48)101-51-23-25-52(26-24-51)110(93,94)95)22-28-60-68(3,54-17-5-7-19-56(54)73(60)34-12-44-109(90,91)92)30-9-20-61(76)70-32-36-97-38-40-99-42-41-98-39-37-96-35-29-62(77)69-31-10-15-50-46-74(66(79)71-65(50)78)63-45-57(75)58(102-63)47-100-106(83,84)104-107(85,86)103-105(80,81)82/h4-7,16-19,21-28,46,57-58,63,75H,8-9,11-14,20,29-45,47H2,1-3H3,(H9-,69,70,71,76,77,78,79,80,81,82,83,84,85,86,87,88,89,90,91,92,93,94,95)/p+1/t57-,58+,63+,68?/m0/s1. The number of hydrogen-bond donors (Lipinski definition) is 11. The van der Waals surface area contributed by atoms with E-state index >= 15 is 0 Å². The Morgan fingerprint density at radius 2 is 1.36 bits per heavy atom. The molecule has 1 saturated heterocycles. The molecule has 1 aromatic heterocycles. The monoisotopic (exact) mass is 1660 g/mol. The fourth-order valence-corrected chi connectivity index (χ4v) is 17.3. The van der Waals surface area contributed by atoms with Gasteiger partial charge in [-0.25, -0.2) is 18.5 Å². The van der Waals surface area contributed by atoms with E-state index in [2.05, 4.69) is 56.4 Å². The van der Waals surface area contributed by atoms with E-state index < -0.39 is 118 Å². The molecule has 4 aliphatic rings. The van der Waals surface area contributed by atoms with Crippen LogP contribution in [0, 0.1) is 11.8 Å². The number of allylic oxidation sites excluding steroid dienone is 7. The molecule has 6 atom stereocenters. The molecule has 0 radical (unpaired) electrons. The average molecular weight is 1660 g/mol. The van der Waals surface area contributed by atoms with Gasteiger partial charge in [0, 0.05) is 79.5 Å². The van der Waals surface area contributed by atoms with Gasteiger partial charge in [-0.3, -0.25) is 42.1 Å². The predicted molar refractivity (Wildman–Crippen MR) is 396 cm³/mol. The summed E-state index contributed by atoms with van der Waals surface area (Å²) in [7, 11) is -30.1. The van der Waals surface area contributed by atoms with Crippen LogP contribution in [0.15, 0.2) is 140 Å². The van der Waals surface area contributed by atoms with Crippen LogP contribution in [0.4, 0.5) is 11.4 Å². The van der Waals surface area contributed by atoms with Gasteiger partial charge in [-0.15, -0.1) is 0 Å². The van der Waals surface area contributed by atoms with Gasteiger partial charge < -0.3 is 68.6 Å². The quantitative estimate of drug-likeness (QED) is 0.00883. The van der Waals surface area contributed by atoms with Crippen molar-refractivity contribution in [3.05, 3.63) is 163 Å². The van der Waals surface area contributed by atoms with Crippen LogP contribution in [-0.2, 0) is 101 Å². The number of aromatic amines is 1. The molecule has 1 aliphatic carbocycles. The Morgan fingerprint density at radius 3 is 2.03 bits per heavy atom. The number of ether oxygens (including phenoxy) is 6. The van der Waals surface area contributed by atoms with Crippen molar-refractivity contribution >= 4 is 82.7 Å². The minimum Gasteiger partial charge on any atom is -0.457 e. The van der Waals surface area contributed by atoms with Crippen LogP contribution >= 0.6 is 23.5 Å². The average Bonchev–Trinajstić information content (AvgIpc) is 1.59. The number of aliphatic hydroxyl groups is 1. The number of phosphoric ester groups is 1. The molecule has 3 aliphatic heterocycles. The Balaban J connectivity index is 0.775. The number of fused-ring (bicyclic) bond motifs is 2. The summed E-state index contributed by atoms with van der Waals surface area (Å²) in [6, 6.07) is 20.9. The number of nitrogens with zero attached hydrogens (tertiary/aromatic N) is 3. The number of H-pyrrole nitrogens is 1. The van der Waals surface area contributed by atoms with Gasteiger partial charge in [0.05, 0.1) is 93.9 Å². The molecular formula is C68H90N6O30P3S3+. The minimum atomic E-state index is -5.82. The molecule has 11 N–H and O–H groups in total. The van der Waals surface area contributed by atoms with E-state index in [1.807, 2.05) is 87.3 Å². The second-order valence-corrected chi connectivity index (χ2v) is 35.3. The largest absolute Gasteiger partial charge is 0.490 e. The van der Waals surface area contributed by atoms with Crippen molar-refractivity contribution in [2.75, 3.05) is 102 Å². The van der Waals surface area contributed by atoms with Crippen molar-refractivity contribution in [2.24, 2.45) is 0 Å². The van der Waals surface area contributed by atoms with Gasteiger partial charge in [0.1, 0.15) is 35.9 Å². The number of para-hydroxylation sites is 2. The van der Waals surface area contributed by atoms with Crippen LogP contribution in [0.25, 0.3) is 0 Å². The number of hydrogen-bond acceptors (Lipinski definition) is 24. The molecule has 3 aromatic carbocycles. The second-order valence-electron chi connectivity index (χ2n) is 26.3. The molecule has 42 heteroatoms. The lowest BCUT2D eigenvalue weighted by Crippen LogP contribution is -2.34. The first-order valence-corrected chi connectivity index (χ1v) is 43.8. The first kappa shape index (κ1) is 88.5. The zero-order valence-corrected chi connectivity index (χ0v) is 65.3.